The van der Waals surface area contributed by atoms with Crippen LogP contribution in [-0.4, -0.2) is 24.1 Å². The number of anilines is 1. The molecule has 2 aromatic carbocycles. The zero-order valence-electron chi connectivity index (χ0n) is 11.4. The Morgan fingerprint density at radius 2 is 1.86 bits per heavy atom. The van der Waals surface area contributed by atoms with Crippen molar-refractivity contribution < 1.29 is 19.4 Å². The van der Waals surface area contributed by atoms with Crippen molar-refractivity contribution in [2.75, 3.05) is 12.4 Å². The zero-order valence-corrected chi connectivity index (χ0v) is 12.9. The first-order chi connectivity index (χ1) is 10.4. The number of aromatic hydroxyl groups is 1. The number of phenolic OH excluding ortho intramolecular Hbond substituents is 1. The number of carbonyl (C=O) groups is 2. The van der Waals surface area contributed by atoms with Gasteiger partial charge in [0.2, 0.25) is 0 Å². The summed E-state index contributed by atoms with van der Waals surface area (Å²) in [6, 6.07) is 8.73. The molecule has 0 saturated carbocycles. The molecule has 2 aromatic rings. The smallest absolute Gasteiger partial charge is 0.341 e. The number of benzene rings is 2. The Hall–Kier alpha value is -2.24. The monoisotopic (exact) mass is 339 g/mol. The summed E-state index contributed by atoms with van der Waals surface area (Å²) < 4.78 is 4.55. The molecule has 0 aliphatic heterocycles. The van der Waals surface area contributed by atoms with Gasteiger partial charge >= 0.3 is 5.97 Å². The van der Waals surface area contributed by atoms with Gasteiger partial charge in [0.05, 0.1) is 22.8 Å². The van der Waals surface area contributed by atoms with E-state index in [0.29, 0.717) is 5.02 Å². The Morgan fingerprint density at radius 3 is 2.50 bits per heavy atom. The van der Waals surface area contributed by atoms with Gasteiger partial charge in [-0.3, -0.25) is 4.79 Å². The maximum absolute atomic E-state index is 12.1. The van der Waals surface area contributed by atoms with Crippen molar-refractivity contribution >= 4 is 40.8 Å². The fourth-order valence-corrected chi connectivity index (χ4v) is 2.05. The van der Waals surface area contributed by atoms with Crippen LogP contribution in [0.3, 0.4) is 0 Å². The largest absolute Gasteiger partial charge is 0.505 e. The van der Waals surface area contributed by atoms with Crippen molar-refractivity contribution in [2.24, 2.45) is 0 Å². The molecule has 7 heteroatoms. The molecule has 0 radical (unpaired) electrons. The number of hydrogen-bond acceptors (Lipinski definition) is 4. The van der Waals surface area contributed by atoms with E-state index in [1.807, 2.05) is 0 Å². The Balaban J connectivity index is 2.28. The number of halogens is 2. The molecule has 2 N–H and O–H groups in total. The summed E-state index contributed by atoms with van der Waals surface area (Å²) in [6.45, 7) is 0. The van der Waals surface area contributed by atoms with Crippen LogP contribution in [0.2, 0.25) is 10.0 Å². The van der Waals surface area contributed by atoms with E-state index in [-0.39, 0.29) is 27.6 Å². The van der Waals surface area contributed by atoms with Crippen molar-refractivity contribution in [1.82, 2.24) is 0 Å². The van der Waals surface area contributed by atoms with Crippen LogP contribution in [0.15, 0.2) is 36.4 Å². The van der Waals surface area contributed by atoms with Crippen LogP contribution in [-0.2, 0) is 4.74 Å². The third-order valence-electron chi connectivity index (χ3n) is 2.87. The Labute approximate surface area is 136 Å². The molecule has 5 nitrogen and oxygen atoms in total. The number of para-hydroxylation sites is 1. The number of phenols is 1. The lowest BCUT2D eigenvalue weighted by Gasteiger charge is -2.10. The number of hydrogen-bond donors (Lipinski definition) is 2. The van der Waals surface area contributed by atoms with Crippen molar-refractivity contribution in [3.8, 4) is 5.75 Å². The summed E-state index contributed by atoms with van der Waals surface area (Å²) >= 11 is 11.6. The third-order valence-corrected chi connectivity index (χ3v) is 3.61. The lowest BCUT2D eigenvalue weighted by Crippen LogP contribution is -2.13. The molecule has 114 valence electrons. The number of esters is 1. The van der Waals surface area contributed by atoms with E-state index in [9.17, 15) is 14.7 Å². The predicted octanol–water partition coefficient (Wildman–Crippen LogP) is 3.74. The second kappa shape index (κ2) is 6.68. The van der Waals surface area contributed by atoms with E-state index < -0.39 is 11.9 Å². The van der Waals surface area contributed by atoms with Crippen LogP contribution in [0.25, 0.3) is 0 Å². The van der Waals surface area contributed by atoms with Crippen LogP contribution in [0.1, 0.15) is 20.7 Å². The highest BCUT2D eigenvalue weighted by Crippen LogP contribution is 2.29. The van der Waals surface area contributed by atoms with Crippen LogP contribution < -0.4 is 5.32 Å². The molecule has 0 saturated heterocycles. The van der Waals surface area contributed by atoms with Crippen LogP contribution in [0.4, 0.5) is 5.69 Å². The lowest BCUT2D eigenvalue weighted by atomic mass is 10.1. The van der Waals surface area contributed by atoms with E-state index in [4.69, 9.17) is 23.2 Å². The molecule has 22 heavy (non-hydrogen) atoms. The number of nitrogens with one attached hydrogen (secondary N) is 1. The number of rotatable bonds is 3. The minimum atomic E-state index is -0.705. The number of ether oxygens (including phenoxy) is 1. The SMILES string of the molecule is COC(=O)c1cccc(NC(=O)c2ccc(Cl)c(Cl)c2)c1O. The molecular formula is C15H11Cl2NO4. The molecular weight excluding hydrogens is 329 g/mol. The fraction of sp³-hybridized carbons (Fsp3) is 0.0667. The summed E-state index contributed by atoms with van der Waals surface area (Å²) in [5.41, 5.74) is 0.297. The number of methoxy groups -OCH3 is 1. The quantitative estimate of drug-likeness (QED) is 0.659. The highest BCUT2D eigenvalue weighted by atomic mass is 35.5. The molecule has 0 atom stereocenters. The average molecular weight is 340 g/mol. The highest BCUT2D eigenvalue weighted by molar-refractivity contribution is 6.42. The molecule has 0 aliphatic carbocycles. The summed E-state index contributed by atoms with van der Waals surface area (Å²) in [6.07, 6.45) is 0. The van der Waals surface area contributed by atoms with Crippen LogP contribution in [0, 0.1) is 0 Å². The summed E-state index contributed by atoms with van der Waals surface area (Å²) in [5.74, 6) is -1.58. The average Bonchev–Trinajstić information content (AvgIpc) is 2.51. The molecule has 2 rings (SSSR count). The topological polar surface area (TPSA) is 75.6 Å². The van der Waals surface area contributed by atoms with Gasteiger partial charge in [-0.1, -0.05) is 29.3 Å². The highest BCUT2D eigenvalue weighted by Gasteiger charge is 2.17. The van der Waals surface area contributed by atoms with E-state index in [2.05, 4.69) is 10.1 Å². The van der Waals surface area contributed by atoms with Crippen molar-refractivity contribution in [2.45, 2.75) is 0 Å². The fourth-order valence-electron chi connectivity index (χ4n) is 1.75. The van der Waals surface area contributed by atoms with Crippen molar-refractivity contribution in [3.63, 3.8) is 0 Å². The number of carbonyl (C=O) groups excluding carboxylic acids is 2. The minimum Gasteiger partial charge on any atom is -0.505 e. The van der Waals surface area contributed by atoms with Gasteiger partial charge in [-0.05, 0) is 30.3 Å². The molecule has 0 unspecified atom stereocenters. The summed E-state index contributed by atoms with van der Waals surface area (Å²) in [4.78, 5) is 23.6. The van der Waals surface area contributed by atoms with Crippen LogP contribution >= 0.6 is 23.2 Å². The molecule has 0 heterocycles. The van der Waals surface area contributed by atoms with Gasteiger partial charge < -0.3 is 15.2 Å². The Morgan fingerprint density at radius 1 is 1.14 bits per heavy atom. The third kappa shape index (κ3) is 3.32. The Kier molecular flexibility index (Phi) is 4.90. The van der Waals surface area contributed by atoms with E-state index in [1.165, 1.54) is 43.5 Å². The zero-order chi connectivity index (χ0) is 16.3. The van der Waals surface area contributed by atoms with Crippen molar-refractivity contribution in [3.05, 3.63) is 57.6 Å². The van der Waals surface area contributed by atoms with E-state index in [0.717, 1.165) is 0 Å². The minimum absolute atomic E-state index is 0.0468. The van der Waals surface area contributed by atoms with E-state index in [1.54, 1.807) is 0 Å². The normalized spacial score (nSPS) is 10.1. The molecule has 0 aromatic heterocycles. The van der Waals surface area contributed by atoms with Gasteiger partial charge in [0.15, 0.2) is 5.75 Å². The maximum atomic E-state index is 12.1. The Bertz CT molecular complexity index is 746. The lowest BCUT2D eigenvalue weighted by molar-refractivity contribution is 0.0597. The van der Waals surface area contributed by atoms with Gasteiger partial charge in [-0.25, -0.2) is 4.79 Å². The summed E-state index contributed by atoms with van der Waals surface area (Å²) in [5, 5.41) is 13.1. The van der Waals surface area contributed by atoms with Gasteiger partial charge in [-0.2, -0.15) is 0 Å². The first kappa shape index (κ1) is 16.1. The van der Waals surface area contributed by atoms with Crippen LogP contribution in [0.5, 0.6) is 5.75 Å². The summed E-state index contributed by atoms with van der Waals surface area (Å²) in [7, 11) is 1.20. The van der Waals surface area contributed by atoms with Gasteiger partial charge in [0, 0.05) is 5.56 Å². The van der Waals surface area contributed by atoms with E-state index >= 15 is 0 Å². The first-order valence-electron chi connectivity index (χ1n) is 6.10. The molecule has 0 aliphatic rings. The van der Waals surface area contributed by atoms with Gasteiger partial charge in [0.25, 0.3) is 5.91 Å². The molecule has 1 amide bonds. The molecule has 0 bridgehead atoms. The molecule has 0 fully saturated rings. The second-order valence-corrected chi connectivity index (χ2v) is 5.09. The second-order valence-electron chi connectivity index (χ2n) is 4.28. The maximum Gasteiger partial charge on any atom is 0.341 e. The van der Waals surface area contributed by atoms with Gasteiger partial charge in [0.1, 0.15) is 5.56 Å². The predicted molar refractivity (Wildman–Crippen MR) is 83.9 cm³/mol. The van der Waals surface area contributed by atoms with Gasteiger partial charge in [-0.15, -0.1) is 0 Å². The molecule has 0 spiro atoms. The standard InChI is InChI=1S/C15H11Cl2NO4/c1-22-15(21)9-3-2-4-12(13(9)19)18-14(20)8-5-6-10(16)11(17)7-8/h2-7,19H,1H3,(H,18,20). The number of amides is 1. The first-order valence-corrected chi connectivity index (χ1v) is 6.86. The van der Waals surface area contributed by atoms with Crippen molar-refractivity contribution in [1.29, 1.82) is 0 Å².